The van der Waals surface area contributed by atoms with Crippen molar-refractivity contribution in [1.29, 1.82) is 0 Å². The van der Waals surface area contributed by atoms with Gasteiger partial charge in [-0.2, -0.15) is 0 Å². The van der Waals surface area contributed by atoms with Gasteiger partial charge in [0.15, 0.2) is 5.60 Å². The molecule has 7 nitrogen and oxygen atoms in total. The SMILES string of the molecule is CC(O)(CNCCNS(C)(=O)=O)C(=O)O. The number of aliphatic carboxylic acids is 1. The first-order chi connectivity index (χ1) is 6.65. The lowest BCUT2D eigenvalue weighted by atomic mass is 10.1. The van der Waals surface area contributed by atoms with Crippen molar-refractivity contribution < 1.29 is 23.4 Å². The average molecular weight is 240 g/mol. The zero-order valence-electron chi connectivity index (χ0n) is 8.65. The Bertz CT molecular complexity index is 311. The van der Waals surface area contributed by atoms with Crippen LogP contribution in [0.5, 0.6) is 0 Å². The van der Waals surface area contributed by atoms with Crippen molar-refractivity contribution in [3.8, 4) is 0 Å². The van der Waals surface area contributed by atoms with E-state index >= 15 is 0 Å². The van der Waals surface area contributed by atoms with Crippen LogP contribution in [-0.2, 0) is 14.8 Å². The van der Waals surface area contributed by atoms with Crippen molar-refractivity contribution in [2.45, 2.75) is 12.5 Å². The molecule has 90 valence electrons. The molecule has 0 rings (SSSR count). The second kappa shape index (κ2) is 5.40. The molecule has 4 N–H and O–H groups in total. The molecule has 0 aliphatic carbocycles. The van der Waals surface area contributed by atoms with Gasteiger partial charge >= 0.3 is 5.97 Å². The Morgan fingerprint density at radius 1 is 1.40 bits per heavy atom. The highest BCUT2D eigenvalue weighted by molar-refractivity contribution is 7.88. The van der Waals surface area contributed by atoms with Crippen LogP contribution in [0.2, 0.25) is 0 Å². The normalized spacial score (nSPS) is 15.9. The van der Waals surface area contributed by atoms with E-state index in [1.807, 2.05) is 0 Å². The second-order valence-electron chi connectivity index (χ2n) is 3.42. The summed E-state index contributed by atoms with van der Waals surface area (Å²) in [4.78, 5) is 10.4. The molecule has 8 heteroatoms. The van der Waals surface area contributed by atoms with E-state index in [0.29, 0.717) is 0 Å². The molecule has 0 aliphatic heterocycles. The summed E-state index contributed by atoms with van der Waals surface area (Å²) in [5, 5.41) is 20.4. The van der Waals surface area contributed by atoms with Crippen molar-refractivity contribution in [2.24, 2.45) is 0 Å². The van der Waals surface area contributed by atoms with Gasteiger partial charge in [0.25, 0.3) is 0 Å². The Morgan fingerprint density at radius 2 is 1.93 bits per heavy atom. The van der Waals surface area contributed by atoms with E-state index in [1.54, 1.807) is 0 Å². The monoisotopic (exact) mass is 240 g/mol. The summed E-state index contributed by atoms with van der Waals surface area (Å²) in [5.41, 5.74) is -1.84. The molecule has 1 unspecified atom stereocenters. The van der Waals surface area contributed by atoms with E-state index in [1.165, 1.54) is 0 Å². The van der Waals surface area contributed by atoms with E-state index in [-0.39, 0.29) is 19.6 Å². The second-order valence-corrected chi connectivity index (χ2v) is 5.26. The minimum Gasteiger partial charge on any atom is -0.479 e. The van der Waals surface area contributed by atoms with Crippen molar-refractivity contribution in [3.05, 3.63) is 0 Å². The van der Waals surface area contributed by atoms with Crippen LogP contribution >= 0.6 is 0 Å². The largest absolute Gasteiger partial charge is 0.479 e. The molecular formula is C7H16N2O5S. The highest BCUT2D eigenvalue weighted by atomic mass is 32.2. The molecule has 0 aromatic rings. The lowest BCUT2D eigenvalue weighted by Gasteiger charge is -2.18. The van der Waals surface area contributed by atoms with Gasteiger partial charge in [0, 0.05) is 19.6 Å². The van der Waals surface area contributed by atoms with Crippen LogP contribution in [0.3, 0.4) is 0 Å². The van der Waals surface area contributed by atoms with Gasteiger partial charge in [-0.25, -0.2) is 17.9 Å². The Kier molecular flexibility index (Phi) is 5.15. The predicted octanol–water partition coefficient (Wildman–Crippen LogP) is -2.04. The molecule has 0 radical (unpaired) electrons. The number of hydrogen-bond acceptors (Lipinski definition) is 5. The van der Waals surface area contributed by atoms with Gasteiger partial charge in [-0.15, -0.1) is 0 Å². The first-order valence-electron chi connectivity index (χ1n) is 4.26. The molecule has 0 aromatic heterocycles. The van der Waals surface area contributed by atoms with Gasteiger partial charge in [0.2, 0.25) is 10.0 Å². The van der Waals surface area contributed by atoms with Gasteiger partial charge in [-0.3, -0.25) is 0 Å². The van der Waals surface area contributed by atoms with Gasteiger partial charge in [0.1, 0.15) is 0 Å². The van der Waals surface area contributed by atoms with Crippen molar-refractivity contribution >= 4 is 16.0 Å². The molecule has 15 heavy (non-hydrogen) atoms. The summed E-state index contributed by atoms with van der Waals surface area (Å²) in [7, 11) is -3.23. The minimum atomic E-state index is -3.23. The Labute approximate surface area is 88.5 Å². The first-order valence-corrected chi connectivity index (χ1v) is 6.15. The fourth-order valence-electron chi connectivity index (χ4n) is 0.732. The third kappa shape index (κ3) is 7.25. The minimum absolute atomic E-state index is 0.145. The lowest BCUT2D eigenvalue weighted by molar-refractivity contribution is -0.156. The molecule has 0 amide bonds. The lowest BCUT2D eigenvalue weighted by Crippen LogP contribution is -2.46. The summed E-state index contributed by atoms with van der Waals surface area (Å²) in [6.45, 7) is 1.41. The molecule has 0 aromatic carbocycles. The van der Waals surface area contributed by atoms with Crippen LogP contribution in [0.1, 0.15) is 6.92 Å². The van der Waals surface area contributed by atoms with Crippen molar-refractivity contribution in [2.75, 3.05) is 25.9 Å². The maximum absolute atomic E-state index is 10.6. The number of carboxylic acids is 1. The number of sulfonamides is 1. The molecule has 0 aliphatic rings. The van der Waals surface area contributed by atoms with Gasteiger partial charge < -0.3 is 15.5 Å². The number of carbonyl (C=O) groups is 1. The number of carboxylic acid groups (broad SMARTS) is 1. The average Bonchev–Trinajstić information content (AvgIpc) is 2.00. The number of aliphatic hydroxyl groups is 1. The van der Waals surface area contributed by atoms with Crippen LogP contribution in [0, 0.1) is 0 Å². The van der Waals surface area contributed by atoms with Gasteiger partial charge in [0.05, 0.1) is 6.26 Å². The predicted molar refractivity (Wildman–Crippen MR) is 54.0 cm³/mol. The van der Waals surface area contributed by atoms with E-state index in [9.17, 15) is 18.3 Å². The summed E-state index contributed by atoms with van der Waals surface area (Å²) in [6, 6.07) is 0. The Hall–Kier alpha value is -0.700. The van der Waals surface area contributed by atoms with Crippen LogP contribution in [0.4, 0.5) is 0 Å². The Balaban J connectivity index is 3.69. The van der Waals surface area contributed by atoms with Gasteiger partial charge in [-0.1, -0.05) is 0 Å². The van der Waals surface area contributed by atoms with Crippen LogP contribution in [0.25, 0.3) is 0 Å². The molecule has 0 spiro atoms. The van der Waals surface area contributed by atoms with E-state index in [0.717, 1.165) is 13.2 Å². The molecule has 0 saturated carbocycles. The summed E-state index contributed by atoms with van der Waals surface area (Å²) >= 11 is 0. The highest BCUT2D eigenvalue weighted by Gasteiger charge is 2.28. The zero-order chi connectivity index (χ0) is 12.1. The molecular weight excluding hydrogens is 224 g/mol. The maximum atomic E-state index is 10.6. The number of rotatable bonds is 7. The maximum Gasteiger partial charge on any atom is 0.336 e. The zero-order valence-corrected chi connectivity index (χ0v) is 9.47. The molecule has 0 bridgehead atoms. The summed E-state index contributed by atoms with van der Waals surface area (Å²) < 4.78 is 23.5. The van der Waals surface area contributed by atoms with Crippen LogP contribution in [-0.4, -0.2) is 56.1 Å². The number of hydrogen-bond donors (Lipinski definition) is 4. The molecule has 1 atom stereocenters. The van der Waals surface area contributed by atoms with Crippen molar-refractivity contribution in [1.82, 2.24) is 10.0 Å². The summed E-state index contributed by atoms with van der Waals surface area (Å²) in [6.07, 6.45) is 1.03. The van der Waals surface area contributed by atoms with E-state index in [4.69, 9.17) is 5.11 Å². The number of nitrogens with one attached hydrogen (secondary N) is 2. The molecule has 0 saturated heterocycles. The molecule has 0 fully saturated rings. The fraction of sp³-hybridized carbons (Fsp3) is 0.857. The third-order valence-corrected chi connectivity index (χ3v) is 2.32. The molecule has 0 heterocycles. The van der Waals surface area contributed by atoms with Gasteiger partial charge in [-0.05, 0) is 6.92 Å². The smallest absolute Gasteiger partial charge is 0.336 e. The standard InChI is InChI=1S/C7H16N2O5S/c1-7(12,6(10)11)5-8-3-4-9-15(2,13)14/h8-9,12H,3-5H2,1-2H3,(H,10,11). The highest BCUT2D eigenvalue weighted by Crippen LogP contribution is 1.99. The topological polar surface area (TPSA) is 116 Å². The fourth-order valence-corrected chi connectivity index (χ4v) is 1.21. The van der Waals surface area contributed by atoms with Crippen LogP contribution < -0.4 is 10.0 Å². The third-order valence-electron chi connectivity index (χ3n) is 1.60. The first kappa shape index (κ1) is 14.3. The quantitative estimate of drug-likeness (QED) is 0.381. The Morgan fingerprint density at radius 3 is 2.33 bits per heavy atom. The summed E-state index contributed by atoms with van der Waals surface area (Å²) in [5.74, 6) is -1.33. The van der Waals surface area contributed by atoms with Crippen molar-refractivity contribution in [3.63, 3.8) is 0 Å². The van der Waals surface area contributed by atoms with E-state index in [2.05, 4.69) is 10.0 Å². The van der Waals surface area contributed by atoms with E-state index < -0.39 is 21.6 Å². The van der Waals surface area contributed by atoms with Crippen LogP contribution in [0.15, 0.2) is 0 Å².